The van der Waals surface area contributed by atoms with Gasteiger partial charge < -0.3 is 5.32 Å². The monoisotopic (exact) mass is 424 g/mol. The van der Waals surface area contributed by atoms with Crippen molar-refractivity contribution >= 4 is 16.5 Å². The molecule has 9 heteroatoms. The largest absolute Gasteiger partial charge is 0.376 e. The van der Waals surface area contributed by atoms with Gasteiger partial charge in [-0.25, -0.2) is 18.4 Å². The van der Waals surface area contributed by atoms with Crippen LogP contribution in [0.4, 0.5) is 14.5 Å². The lowest BCUT2D eigenvalue weighted by molar-refractivity contribution is 0.547. The van der Waals surface area contributed by atoms with Crippen molar-refractivity contribution in [3.05, 3.63) is 81.8 Å². The number of nitrogens with zero attached hydrogens (tertiary/aromatic N) is 5. The zero-order chi connectivity index (χ0) is 22.3. The lowest BCUT2D eigenvalue weighted by Gasteiger charge is -2.34. The van der Waals surface area contributed by atoms with Crippen LogP contribution in [-0.4, -0.2) is 24.5 Å². The molecule has 0 saturated heterocycles. The molecule has 1 aliphatic heterocycles. The minimum Gasteiger partial charge on any atom is -0.376 e. The number of aryl methyl sites for hydroxylation is 2. The molecular formula is C22H22F2N6O. The van der Waals surface area contributed by atoms with Crippen LogP contribution in [0.1, 0.15) is 42.9 Å². The molecular weight excluding hydrogens is 402 g/mol. The Hall–Kier alpha value is -3.62. The second-order valence-corrected chi connectivity index (χ2v) is 7.08. The van der Waals surface area contributed by atoms with Crippen LogP contribution >= 0.6 is 0 Å². The van der Waals surface area contributed by atoms with Crippen molar-refractivity contribution < 1.29 is 8.78 Å². The third-order valence-corrected chi connectivity index (χ3v) is 5.33. The first-order valence-corrected chi connectivity index (χ1v) is 10.0. The molecule has 0 aliphatic carbocycles. The van der Waals surface area contributed by atoms with Crippen LogP contribution in [0.15, 0.2) is 47.5 Å². The average Bonchev–Trinajstić information content (AvgIpc) is 3.18. The van der Waals surface area contributed by atoms with Gasteiger partial charge in [0.25, 0.3) is 5.56 Å². The molecule has 160 valence electrons. The summed E-state index contributed by atoms with van der Waals surface area (Å²) in [7, 11) is 3.30. The summed E-state index contributed by atoms with van der Waals surface area (Å²) in [5, 5.41) is 12.8. The molecule has 0 saturated carbocycles. The molecule has 2 atom stereocenters. The number of aromatic nitrogens is 5. The number of rotatable bonds is 2. The summed E-state index contributed by atoms with van der Waals surface area (Å²) >= 11 is 0. The Morgan fingerprint density at radius 2 is 1.71 bits per heavy atom. The standard InChI is InChI=1S/C20H16F2N6O.C2H6/c1-27-19(23-9-24-27)16-17(10-3-5-11(21)6-4-10)25-14-8-12(22)7-13-15(14)18(16)26-28(2)20(13)29;1-2/h3-9,16-17,25H,1-2H3;1-2H3/t16-,17-;/m1./s1. The Bertz CT molecular complexity index is 1310. The second kappa shape index (κ2) is 7.90. The van der Waals surface area contributed by atoms with E-state index in [0.29, 0.717) is 22.6 Å². The first kappa shape index (κ1) is 20.6. The number of hydrogen-bond acceptors (Lipinski definition) is 5. The molecule has 4 aromatic rings. The fourth-order valence-electron chi connectivity index (χ4n) is 4.03. The van der Waals surface area contributed by atoms with E-state index >= 15 is 0 Å². The molecule has 0 amide bonds. The Labute approximate surface area is 177 Å². The van der Waals surface area contributed by atoms with Crippen molar-refractivity contribution in [1.29, 1.82) is 0 Å². The van der Waals surface area contributed by atoms with Crippen molar-refractivity contribution in [2.24, 2.45) is 14.1 Å². The van der Waals surface area contributed by atoms with Gasteiger partial charge in [0, 0.05) is 25.2 Å². The van der Waals surface area contributed by atoms with Crippen LogP contribution < -0.4 is 10.9 Å². The summed E-state index contributed by atoms with van der Waals surface area (Å²) in [4.78, 5) is 17.0. The smallest absolute Gasteiger partial charge is 0.274 e. The van der Waals surface area contributed by atoms with Gasteiger partial charge in [0.15, 0.2) is 0 Å². The van der Waals surface area contributed by atoms with E-state index in [1.807, 2.05) is 13.8 Å². The maximum Gasteiger partial charge on any atom is 0.274 e. The number of nitrogens with one attached hydrogen (secondary N) is 1. The predicted octanol–water partition coefficient (Wildman–Crippen LogP) is 3.67. The first-order valence-electron chi connectivity index (χ1n) is 10.0. The van der Waals surface area contributed by atoms with Gasteiger partial charge in [-0.05, 0) is 29.8 Å². The van der Waals surface area contributed by atoms with E-state index in [1.54, 1.807) is 23.9 Å². The van der Waals surface area contributed by atoms with Crippen molar-refractivity contribution in [3.63, 3.8) is 0 Å². The van der Waals surface area contributed by atoms with E-state index < -0.39 is 17.8 Å². The summed E-state index contributed by atoms with van der Waals surface area (Å²) in [6.45, 7) is 4.00. The Morgan fingerprint density at radius 3 is 2.35 bits per heavy atom. The van der Waals surface area contributed by atoms with E-state index in [9.17, 15) is 13.6 Å². The Morgan fingerprint density at radius 1 is 1.00 bits per heavy atom. The highest BCUT2D eigenvalue weighted by molar-refractivity contribution is 5.97. The molecule has 7 nitrogen and oxygen atoms in total. The third-order valence-electron chi connectivity index (χ3n) is 5.33. The lowest BCUT2D eigenvalue weighted by atomic mass is 9.83. The number of halogens is 2. The van der Waals surface area contributed by atoms with E-state index in [2.05, 4.69) is 20.5 Å². The molecule has 5 rings (SSSR count). The minimum absolute atomic E-state index is 0.240. The van der Waals surface area contributed by atoms with Gasteiger partial charge in [0.05, 0.1) is 23.0 Å². The van der Waals surface area contributed by atoms with Gasteiger partial charge in [-0.1, -0.05) is 26.0 Å². The van der Waals surface area contributed by atoms with Crippen LogP contribution in [0, 0.1) is 11.6 Å². The van der Waals surface area contributed by atoms with Gasteiger partial charge in [-0.2, -0.15) is 10.2 Å². The first-order chi connectivity index (χ1) is 14.9. The molecule has 2 aromatic carbocycles. The van der Waals surface area contributed by atoms with Gasteiger partial charge >= 0.3 is 0 Å². The molecule has 0 unspecified atom stereocenters. The van der Waals surface area contributed by atoms with Gasteiger partial charge in [-0.3, -0.25) is 9.48 Å². The Balaban J connectivity index is 0.00000112. The summed E-state index contributed by atoms with van der Waals surface area (Å²) < 4.78 is 30.6. The lowest BCUT2D eigenvalue weighted by Crippen LogP contribution is -2.32. The van der Waals surface area contributed by atoms with Gasteiger partial charge in [0.2, 0.25) is 0 Å². The fourth-order valence-corrected chi connectivity index (χ4v) is 4.03. The maximum atomic E-state index is 14.3. The average molecular weight is 424 g/mol. The van der Waals surface area contributed by atoms with Crippen molar-refractivity contribution in [2.75, 3.05) is 5.32 Å². The Kier molecular flexibility index (Phi) is 5.26. The van der Waals surface area contributed by atoms with Crippen molar-refractivity contribution in [1.82, 2.24) is 24.5 Å². The molecule has 0 fully saturated rings. The second-order valence-electron chi connectivity index (χ2n) is 7.08. The van der Waals surface area contributed by atoms with Gasteiger partial charge in [-0.15, -0.1) is 0 Å². The minimum atomic E-state index is -0.524. The van der Waals surface area contributed by atoms with E-state index in [-0.39, 0.29) is 16.8 Å². The summed E-state index contributed by atoms with van der Waals surface area (Å²) in [6.07, 6.45) is 1.44. The van der Waals surface area contributed by atoms with Crippen molar-refractivity contribution in [2.45, 2.75) is 25.8 Å². The van der Waals surface area contributed by atoms with Crippen LogP contribution in [-0.2, 0) is 14.1 Å². The quantitative estimate of drug-likeness (QED) is 0.531. The molecule has 31 heavy (non-hydrogen) atoms. The highest BCUT2D eigenvalue weighted by Crippen LogP contribution is 2.45. The molecule has 3 heterocycles. The number of hydrogen-bond donors (Lipinski definition) is 1. The number of anilines is 1. The van der Waals surface area contributed by atoms with E-state index in [1.165, 1.54) is 42.3 Å². The predicted molar refractivity (Wildman–Crippen MR) is 114 cm³/mol. The summed E-state index contributed by atoms with van der Waals surface area (Å²) in [5.74, 6) is -0.687. The van der Waals surface area contributed by atoms with E-state index in [0.717, 1.165) is 5.56 Å². The summed E-state index contributed by atoms with van der Waals surface area (Å²) in [5.41, 5.74) is 1.44. The van der Waals surface area contributed by atoms with Crippen LogP contribution in [0.25, 0.3) is 10.8 Å². The highest BCUT2D eigenvalue weighted by Gasteiger charge is 2.38. The zero-order valence-corrected chi connectivity index (χ0v) is 17.6. The molecule has 1 N–H and O–H groups in total. The van der Waals surface area contributed by atoms with E-state index in [4.69, 9.17) is 0 Å². The van der Waals surface area contributed by atoms with Crippen molar-refractivity contribution in [3.8, 4) is 0 Å². The fraction of sp³-hybridized carbons (Fsp3) is 0.273. The molecule has 1 aliphatic rings. The van der Waals surface area contributed by atoms with Crippen LogP contribution in [0.3, 0.4) is 0 Å². The van der Waals surface area contributed by atoms with Gasteiger partial charge in [0.1, 0.15) is 23.8 Å². The number of benzene rings is 2. The normalized spacial score (nSPS) is 17.1. The zero-order valence-electron chi connectivity index (χ0n) is 17.6. The molecule has 0 bridgehead atoms. The topological polar surface area (TPSA) is 77.6 Å². The summed E-state index contributed by atoms with van der Waals surface area (Å²) in [6, 6.07) is 8.22. The molecule has 0 radical (unpaired) electrons. The SMILES string of the molecule is CC.Cn1ncnc1[C@H]1c2nn(C)c(=O)c3cc(F)cc(c23)N[C@@H]1c1ccc(F)cc1. The highest BCUT2D eigenvalue weighted by atomic mass is 19.1. The van der Waals surface area contributed by atoms with Crippen LogP contribution in [0.5, 0.6) is 0 Å². The van der Waals surface area contributed by atoms with Crippen LogP contribution in [0.2, 0.25) is 0 Å². The third kappa shape index (κ3) is 3.35. The molecule has 2 aromatic heterocycles. The molecule has 0 spiro atoms. The maximum absolute atomic E-state index is 14.3.